The van der Waals surface area contributed by atoms with Crippen molar-refractivity contribution >= 4 is 5.97 Å². The minimum Gasteiger partial charge on any atom is -0.481 e. The maximum absolute atomic E-state index is 10.6. The predicted octanol–water partition coefficient (Wildman–Crippen LogP) is 2.30. The summed E-state index contributed by atoms with van der Waals surface area (Å²) in [6, 6.07) is 3.82. The molecule has 1 atom stereocenters. The zero-order valence-electron chi connectivity index (χ0n) is 9.32. The van der Waals surface area contributed by atoms with Crippen molar-refractivity contribution < 1.29 is 19.4 Å². The highest BCUT2D eigenvalue weighted by Gasteiger charge is 2.19. The van der Waals surface area contributed by atoms with Gasteiger partial charge in [-0.3, -0.25) is 4.79 Å². The van der Waals surface area contributed by atoms with Crippen molar-refractivity contribution in [2.75, 3.05) is 6.79 Å². The van der Waals surface area contributed by atoms with Crippen LogP contribution in [0.5, 0.6) is 11.5 Å². The fraction of sp³-hybridized carbons (Fsp3) is 0.417. The molecule has 16 heavy (non-hydrogen) atoms. The number of carboxylic acid groups (broad SMARTS) is 1. The molecule has 0 bridgehead atoms. The van der Waals surface area contributed by atoms with Gasteiger partial charge in [0.25, 0.3) is 0 Å². The van der Waals surface area contributed by atoms with Crippen molar-refractivity contribution in [3.63, 3.8) is 0 Å². The number of aryl methyl sites for hydroxylation is 1. The Kier molecular flexibility index (Phi) is 2.73. The number of rotatable bonds is 3. The normalized spacial score (nSPS) is 14.9. The number of hydrogen-bond donors (Lipinski definition) is 1. The molecule has 0 saturated carbocycles. The molecule has 1 unspecified atom stereocenters. The van der Waals surface area contributed by atoms with E-state index in [4.69, 9.17) is 14.6 Å². The third-order valence-corrected chi connectivity index (χ3v) is 2.73. The van der Waals surface area contributed by atoms with Gasteiger partial charge in [-0.1, -0.05) is 13.0 Å². The number of ether oxygens (including phenoxy) is 2. The lowest BCUT2D eigenvalue weighted by Crippen LogP contribution is -2.03. The van der Waals surface area contributed by atoms with Crippen molar-refractivity contribution in [2.45, 2.75) is 26.2 Å². The molecule has 1 aliphatic rings. The summed E-state index contributed by atoms with van der Waals surface area (Å²) < 4.78 is 10.6. The Hall–Kier alpha value is -1.71. The minimum atomic E-state index is -0.789. The highest BCUT2D eigenvalue weighted by Crippen LogP contribution is 2.38. The van der Waals surface area contributed by atoms with E-state index in [1.54, 1.807) is 0 Å². The van der Waals surface area contributed by atoms with Crippen LogP contribution in [-0.4, -0.2) is 17.9 Å². The highest BCUT2D eigenvalue weighted by molar-refractivity contribution is 5.68. The Morgan fingerprint density at radius 1 is 1.50 bits per heavy atom. The van der Waals surface area contributed by atoms with Gasteiger partial charge in [0.15, 0.2) is 11.5 Å². The van der Waals surface area contributed by atoms with Crippen molar-refractivity contribution in [3.8, 4) is 11.5 Å². The molecule has 1 aromatic carbocycles. The molecule has 0 saturated heterocycles. The molecule has 0 aromatic heterocycles. The number of carboxylic acids is 1. The van der Waals surface area contributed by atoms with Crippen LogP contribution in [0.1, 0.15) is 30.4 Å². The first-order chi connectivity index (χ1) is 7.58. The van der Waals surface area contributed by atoms with Gasteiger partial charge in [0.2, 0.25) is 6.79 Å². The number of benzene rings is 1. The lowest BCUT2D eigenvalue weighted by atomic mass is 9.95. The predicted molar refractivity (Wildman–Crippen MR) is 58.0 cm³/mol. The van der Waals surface area contributed by atoms with Crippen molar-refractivity contribution in [1.29, 1.82) is 0 Å². The summed E-state index contributed by atoms with van der Waals surface area (Å²) in [6.07, 6.45) is 0.124. The standard InChI is InChI=1S/C12H14O4/c1-7(4-11(13)14)9-3-8(2)12-10(5-9)15-6-16-12/h3,5,7H,4,6H2,1-2H3,(H,13,14). The summed E-state index contributed by atoms with van der Waals surface area (Å²) in [7, 11) is 0. The smallest absolute Gasteiger partial charge is 0.303 e. The van der Waals surface area contributed by atoms with Gasteiger partial charge in [-0.05, 0) is 30.0 Å². The van der Waals surface area contributed by atoms with Gasteiger partial charge in [0, 0.05) is 0 Å². The van der Waals surface area contributed by atoms with Crippen LogP contribution in [0.4, 0.5) is 0 Å². The van der Waals surface area contributed by atoms with Crippen LogP contribution < -0.4 is 9.47 Å². The third kappa shape index (κ3) is 1.96. The minimum absolute atomic E-state index is 0.0225. The second kappa shape index (κ2) is 4.04. The molecular weight excluding hydrogens is 208 g/mol. The van der Waals surface area contributed by atoms with E-state index in [1.165, 1.54) is 0 Å². The first-order valence-electron chi connectivity index (χ1n) is 5.20. The van der Waals surface area contributed by atoms with E-state index >= 15 is 0 Å². The molecule has 1 aliphatic heterocycles. The third-order valence-electron chi connectivity index (χ3n) is 2.73. The Balaban J connectivity index is 2.29. The summed E-state index contributed by atoms with van der Waals surface area (Å²) >= 11 is 0. The Labute approximate surface area is 93.8 Å². The van der Waals surface area contributed by atoms with E-state index in [0.717, 1.165) is 16.9 Å². The maximum atomic E-state index is 10.6. The molecule has 1 N–H and O–H groups in total. The molecule has 0 amide bonds. The fourth-order valence-electron chi connectivity index (χ4n) is 1.88. The van der Waals surface area contributed by atoms with Gasteiger partial charge in [0.05, 0.1) is 6.42 Å². The molecule has 86 valence electrons. The zero-order chi connectivity index (χ0) is 11.7. The summed E-state index contributed by atoms with van der Waals surface area (Å²) in [5.74, 6) is 0.673. The van der Waals surface area contributed by atoms with E-state index < -0.39 is 5.97 Å². The lowest BCUT2D eigenvalue weighted by Gasteiger charge is -2.11. The number of aliphatic carboxylic acids is 1. The lowest BCUT2D eigenvalue weighted by molar-refractivity contribution is -0.137. The van der Waals surface area contributed by atoms with E-state index in [1.807, 2.05) is 26.0 Å². The largest absolute Gasteiger partial charge is 0.481 e. The van der Waals surface area contributed by atoms with Gasteiger partial charge in [0.1, 0.15) is 0 Å². The topological polar surface area (TPSA) is 55.8 Å². The molecular formula is C12H14O4. The van der Waals surface area contributed by atoms with Gasteiger partial charge in [-0.15, -0.1) is 0 Å². The van der Waals surface area contributed by atoms with Crippen LogP contribution in [0.25, 0.3) is 0 Å². The molecule has 0 spiro atoms. The van der Waals surface area contributed by atoms with Gasteiger partial charge >= 0.3 is 5.97 Å². The summed E-state index contributed by atoms with van der Waals surface area (Å²) in [4.78, 5) is 10.6. The average molecular weight is 222 g/mol. The molecule has 4 heteroatoms. The second-order valence-electron chi connectivity index (χ2n) is 4.07. The monoisotopic (exact) mass is 222 g/mol. The SMILES string of the molecule is Cc1cc(C(C)CC(=O)O)cc2c1OCO2. The summed E-state index contributed by atoms with van der Waals surface area (Å²) in [6.45, 7) is 4.07. The van der Waals surface area contributed by atoms with Crippen LogP contribution in [-0.2, 0) is 4.79 Å². The van der Waals surface area contributed by atoms with Crippen LogP contribution in [0, 0.1) is 6.92 Å². The zero-order valence-corrected chi connectivity index (χ0v) is 9.32. The van der Waals surface area contributed by atoms with Crippen LogP contribution in [0.15, 0.2) is 12.1 Å². The second-order valence-corrected chi connectivity index (χ2v) is 4.07. The van der Waals surface area contributed by atoms with E-state index in [2.05, 4.69) is 0 Å². The van der Waals surface area contributed by atoms with E-state index in [0.29, 0.717) is 5.75 Å². The quantitative estimate of drug-likeness (QED) is 0.852. The van der Waals surface area contributed by atoms with E-state index in [-0.39, 0.29) is 19.1 Å². The molecule has 0 fully saturated rings. The Morgan fingerprint density at radius 2 is 2.25 bits per heavy atom. The number of fused-ring (bicyclic) bond motifs is 1. The molecule has 0 radical (unpaired) electrons. The summed E-state index contributed by atoms with van der Waals surface area (Å²) in [5.41, 5.74) is 1.96. The molecule has 0 aliphatic carbocycles. The molecule has 1 aromatic rings. The highest BCUT2D eigenvalue weighted by atomic mass is 16.7. The van der Waals surface area contributed by atoms with Crippen LogP contribution in [0.2, 0.25) is 0 Å². The van der Waals surface area contributed by atoms with Crippen LogP contribution >= 0.6 is 0 Å². The van der Waals surface area contributed by atoms with Gasteiger partial charge in [-0.25, -0.2) is 0 Å². The summed E-state index contributed by atoms with van der Waals surface area (Å²) in [5, 5.41) is 8.75. The Bertz CT molecular complexity index is 425. The molecule has 2 rings (SSSR count). The first-order valence-corrected chi connectivity index (χ1v) is 5.20. The number of carbonyl (C=O) groups is 1. The molecule has 1 heterocycles. The Morgan fingerprint density at radius 3 is 2.94 bits per heavy atom. The maximum Gasteiger partial charge on any atom is 0.303 e. The van der Waals surface area contributed by atoms with Crippen molar-refractivity contribution in [1.82, 2.24) is 0 Å². The van der Waals surface area contributed by atoms with E-state index in [9.17, 15) is 4.79 Å². The number of hydrogen-bond acceptors (Lipinski definition) is 3. The van der Waals surface area contributed by atoms with Crippen molar-refractivity contribution in [2.24, 2.45) is 0 Å². The van der Waals surface area contributed by atoms with Crippen molar-refractivity contribution in [3.05, 3.63) is 23.3 Å². The average Bonchev–Trinajstić information content (AvgIpc) is 2.64. The molecule has 4 nitrogen and oxygen atoms in total. The fourth-order valence-corrected chi connectivity index (χ4v) is 1.88. The first kappa shape index (κ1) is 10.8. The van der Waals surface area contributed by atoms with Gasteiger partial charge < -0.3 is 14.6 Å². The van der Waals surface area contributed by atoms with Gasteiger partial charge in [-0.2, -0.15) is 0 Å². The van der Waals surface area contributed by atoms with Crippen LogP contribution in [0.3, 0.4) is 0 Å².